The molecular formula is C11H8F2N2O3S. The van der Waals surface area contributed by atoms with E-state index in [-0.39, 0.29) is 5.69 Å². The van der Waals surface area contributed by atoms with Crippen LogP contribution in [0.2, 0.25) is 0 Å². The summed E-state index contributed by atoms with van der Waals surface area (Å²) in [4.78, 5) is 13.4. The Morgan fingerprint density at radius 2 is 1.84 bits per heavy atom. The average Bonchev–Trinajstić information content (AvgIpc) is 2.34. The van der Waals surface area contributed by atoms with E-state index in [2.05, 4.69) is 4.98 Å². The summed E-state index contributed by atoms with van der Waals surface area (Å²) in [5.41, 5.74) is -0.893. The first kappa shape index (κ1) is 13.2. The number of halogens is 2. The van der Waals surface area contributed by atoms with E-state index in [1.54, 1.807) is 0 Å². The van der Waals surface area contributed by atoms with E-state index in [0.29, 0.717) is 6.07 Å². The lowest BCUT2D eigenvalue weighted by molar-refractivity contribution is 0.509. The fraction of sp³-hybridized carbons (Fsp3) is 0. The Morgan fingerprint density at radius 1 is 1.11 bits per heavy atom. The van der Waals surface area contributed by atoms with E-state index in [0.717, 1.165) is 24.4 Å². The second kappa shape index (κ2) is 4.81. The number of aromatic nitrogens is 1. The number of pyridine rings is 1. The quantitative estimate of drug-likeness (QED) is 0.896. The van der Waals surface area contributed by atoms with Crippen molar-refractivity contribution in [1.82, 2.24) is 4.98 Å². The summed E-state index contributed by atoms with van der Waals surface area (Å²) in [6.07, 6.45) is 2.28. The molecule has 0 aliphatic carbocycles. The zero-order chi connectivity index (χ0) is 14.0. The van der Waals surface area contributed by atoms with Crippen LogP contribution in [0, 0.1) is 11.6 Å². The Hall–Kier alpha value is -2.22. The minimum absolute atomic E-state index is 0.179. The van der Waals surface area contributed by atoms with Crippen LogP contribution in [-0.4, -0.2) is 13.4 Å². The molecule has 2 N–H and O–H groups in total. The third kappa shape index (κ3) is 2.79. The van der Waals surface area contributed by atoms with Gasteiger partial charge < -0.3 is 4.98 Å². The van der Waals surface area contributed by atoms with Crippen molar-refractivity contribution in [2.75, 3.05) is 4.72 Å². The topological polar surface area (TPSA) is 79.0 Å². The first-order valence-corrected chi connectivity index (χ1v) is 6.53. The van der Waals surface area contributed by atoms with Gasteiger partial charge in [0, 0.05) is 24.5 Å². The summed E-state index contributed by atoms with van der Waals surface area (Å²) in [7, 11) is -4.16. The van der Waals surface area contributed by atoms with Gasteiger partial charge in [-0.1, -0.05) is 0 Å². The predicted octanol–water partition coefficient (Wildman–Crippen LogP) is 1.45. The molecule has 0 spiro atoms. The maximum atomic E-state index is 13.0. The van der Waals surface area contributed by atoms with Crippen LogP contribution >= 0.6 is 0 Å². The van der Waals surface area contributed by atoms with Crippen molar-refractivity contribution < 1.29 is 17.2 Å². The van der Waals surface area contributed by atoms with Gasteiger partial charge in [-0.3, -0.25) is 9.52 Å². The zero-order valence-electron chi connectivity index (χ0n) is 9.35. The fourth-order valence-electron chi connectivity index (χ4n) is 1.38. The minimum Gasteiger partial charge on any atom is -0.366 e. The van der Waals surface area contributed by atoms with E-state index in [1.807, 2.05) is 4.72 Å². The van der Waals surface area contributed by atoms with Gasteiger partial charge >= 0.3 is 0 Å². The molecule has 1 aromatic carbocycles. The fourth-order valence-corrected chi connectivity index (χ4v) is 2.48. The van der Waals surface area contributed by atoms with E-state index in [1.165, 1.54) is 6.20 Å². The number of sulfonamides is 1. The highest BCUT2D eigenvalue weighted by Gasteiger charge is 2.18. The van der Waals surface area contributed by atoms with Gasteiger partial charge in [0.05, 0.1) is 5.69 Å². The Kier molecular flexibility index (Phi) is 3.34. The number of nitrogens with one attached hydrogen (secondary N) is 2. The number of benzene rings is 1. The summed E-state index contributed by atoms with van der Waals surface area (Å²) < 4.78 is 51.4. The molecule has 2 rings (SSSR count). The smallest absolute Gasteiger partial charge is 0.267 e. The van der Waals surface area contributed by atoms with Crippen LogP contribution < -0.4 is 10.2 Å². The van der Waals surface area contributed by atoms with E-state index in [9.17, 15) is 22.0 Å². The average molecular weight is 286 g/mol. The molecule has 0 fully saturated rings. The lowest BCUT2D eigenvalue weighted by atomic mass is 10.3. The summed E-state index contributed by atoms with van der Waals surface area (Å²) in [5.74, 6) is -2.29. The maximum absolute atomic E-state index is 13.0. The van der Waals surface area contributed by atoms with Crippen molar-refractivity contribution >= 4 is 15.7 Å². The van der Waals surface area contributed by atoms with Crippen molar-refractivity contribution in [3.63, 3.8) is 0 Å². The molecule has 0 amide bonds. The molecule has 2 aromatic rings. The van der Waals surface area contributed by atoms with Crippen molar-refractivity contribution in [1.29, 1.82) is 0 Å². The highest BCUT2D eigenvalue weighted by molar-refractivity contribution is 7.92. The van der Waals surface area contributed by atoms with Gasteiger partial charge in [-0.25, -0.2) is 17.2 Å². The molecule has 0 aliphatic heterocycles. The van der Waals surface area contributed by atoms with Crippen molar-refractivity contribution in [3.05, 3.63) is 58.5 Å². The highest BCUT2D eigenvalue weighted by atomic mass is 32.2. The van der Waals surface area contributed by atoms with Crippen LogP contribution in [0.3, 0.4) is 0 Å². The molecule has 1 aromatic heterocycles. The molecule has 100 valence electrons. The van der Waals surface area contributed by atoms with Crippen molar-refractivity contribution in [2.24, 2.45) is 0 Å². The molecule has 5 nitrogen and oxygen atoms in total. The lowest BCUT2D eigenvalue weighted by Gasteiger charge is -2.07. The van der Waals surface area contributed by atoms with Gasteiger partial charge in [0.15, 0.2) is 16.5 Å². The number of H-pyrrole nitrogens is 1. The molecular weight excluding hydrogens is 278 g/mol. The van der Waals surface area contributed by atoms with Crippen LogP contribution in [0.5, 0.6) is 0 Å². The van der Waals surface area contributed by atoms with Crippen LogP contribution in [-0.2, 0) is 10.0 Å². The Labute approximate surface area is 107 Å². The van der Waals surface area contributed by atoms with Gasteiger partial charge in [0.25, 0.3) is 10.0 Å². The molecule has 0 atom stereocenters. The lowest BCUT2D eigenvalue weighted by Crippen LogP contribution is -2.21. The van der Waals surface area contributed by atoms with Crippen LogP contribution in [0.1, 0.15) is 0 Å². The second-order valence-electron chi connectivity index (χ2n) is 3.61. The minimum atomic E-state index is -4.16. The maximum Gasteiger partial charge on any atom is 0.267 e. The predicted molar refractivity (Wildman–Crippen MR) is 64.2 cm³/mol. The van der Waals surface area contributed by atoms with Crippen LogP contribution in [0.15, 0.2) is 46.3 Å². The molecule has 19 heavy (non-hydrogen) atoms. The monoisotopic (exact) mass is 286 g/mol. The summed E-state index contributed by atoms with van der Waals surface area (Å²) >= 11 is 0. The molecule has 0 radical (unpaired) electrons. The zero-order valence-corrected chi connectivity index (χ0v) is 10.2. The number of hydrogen-bond donors (Lipinski definition) is 2. The standard InChI is InChI=1S/C11H8F2N2O3S/c12-8-2-1-7(5-9(8)13)15-19(17,18)11-6-14-4-3-10(11)16/h1-6,15H,(H,14,16). The van der Waals surface area contributed by atoms with E-state index in [4.69, 9.17) is 0 Å². The normalized spacial score (nSPS) is 11.3. The molecule has 0 bridgehead atoms. The number of aromatic amines is 1. The molecule has 1 heterocycles. The van der Waals surface area contributed by atoms with Crippen LogP contribution in [0.4, 0.5) is 14.5 Å². The number of rotatable bonds is 3. The van der Waals surface area contributed by atoms with E-state index >= 15 is 0 Å². The van der Waals surface area contributed by atoms with Gasteiger partial charge in [0.2, 0.25) is 5.43 Å². The molecule has 0 saturated carbocycles. The Bertz CT molecular complexity index is 772. The third-order valence-electron chi connectivity index (χ3n) is 2.25. The van der Waals surface area contributed by atoms with Crippen molar-refractivity contribution in [3.8, 4) is 0 Å². The van der Waals surface area contributed by atoms with Gasteiger partial charge in [-0.05, 0) is 12.1 Å². The van der Waals surface area contributed by atoms with Crippen LogP contribution in [0.25, 0.3) is 0 Å². The third-order valence-corrected chi connectivity index (χ3v) is 3.65. The summed E-state index contributed by atoms with van der Waals surface area (Å²) in [6, 6.07) is 3.55. The molecule has 0 unspecified atom stereocenters. The van der Waals surface area contributed by atoms with Gasteiger partial charge in [0.1, 0.15) is 0 Å². The largest absolute Gasteiger partial charge is 0.366 e. The SMILES string of the molecule is O=c1cc[nH]cc1S(=O)(=O)Nc1ccc(F)c(F)c1. The Morgan fingerprint density at radius 3 is 2.47 bits per heavy atom. The van der Waals surface area contributed by atoms with Gasteiger partial charge in [-0.15, -0.1) is 0 Å². The first-order valence-electron chi connectivity index (χ1n) is 5.05. The molecule has 0 aliphatic rings. The number of anilines is 1. The summed E-state index contributed by atoms with van der Waals surface area (Å²) in [5, 5.41) is 0. The van der Waals surface area contributed by atoms with Gasteiger partial charge in [-0.2, -0.15) is 0 Å². The Balaban J connectivity index is 2.40. The number of hydrogen-bond acceptors (Lipinski definition) is 3. The summed E-state index contributed by atoms with van der Waals surface area (Å²) in [6.45, 7) is 0. The van der Waals surface area contributed by atoms with E-state index < -0.39 is 32.0 Å². The van der Waals surface area contributed by atoms with Crippen molar-refractivity contribution in [2.45, 2.75) is 4.90 Å². The first-order chi connectivity index (χ1) is 8.90. The highest BCUT2D eigenvalue weighted by Crippen LogP contribution is 2.16. The molecule has 0 saturated heterocycles. The molecule has 8 heteroatoms. The second-order valence-corrected chi connectivity index (χ2v) is 5.26.